The van der Waals surface area contributed by atoms with Crippen molar-refractivity contribution < 1.29 is 9.84 Å². The number of benzene rings is 1. The fourth-order valence-corrected chi connectivity index (χ4v) is 2.15. The second-order valence-electron chi connectivity index (χ2n) is 4.52. The second-order valence-corrected chi connectivity index (χ2v) is 4.52. The number of nitrogens with one attached hydrogen (secondary N) is 1. The van der Waals surface area contributed by atoms with Crippen LogP contribution in [-0.4, -0.2) is 30.3 Å². The quantitative estimate of drug-likeness (QED) is 0.858. The highest BCUT2D eigenvalue weighted by molar-refractivity contribution is 5.67. The number of hydrogen-bond acceptors (Lipinski definition) is 4. The Hall–Kier alpha value is -1.68. The molecule has 1 aromatic carbocycles. The van der Waals surface area contributed by atoms with E-state index in [2.05, 4.69) is 17.0 Å². The van der Waals surface area contributed by atoms with Gasteiger partial charge >= 0.3 is 0 Å². The summed E-state index contributed by atoms with van der Waals surface area (Å²) < 4.78 is 5.06. The van der Waals surface area contributed by atoms with Crippen molar-refractivity contribution in [2.45, 2.75) is 19.3 Å². The molecule has 18 heavy (non-hydrogen) atoms. The van der Waals surface area contributed by atoms with Crippen molar-refractivity contribution in [2.24, 2.45) is 0 Å². The molecular formula is C14H20N2O2. The number of phenolic OH excluding ortho intramolecular Hbond substituents is 1. The summed E-state index contributed by atoms with van der Waals surface area (Å²) in [6.07, 6.45) is 3.70. The van der Waals surface area contributed by atoms with E-state index in [1.54, 1.807) is 13.2 Å². The van der Waals surface area contributed by atoms with Crippen LogP contribution in [0.2, 0.25) is 0 Å². The van der Waals surface area contributed by atoms with Crippen LogP contribution in [0.4, 0.5) is 0 Å². The number of nitrogens with zero attached hydrogens (tertiary/aromatic N) is 1. The fourth-order valence-electron chi connectivity index (χ4n) is 2.15. The maximum atomic E-state index is 9.92. The molecule has 0 spiro atoms. The molecule has 4 nitrogen and oxygen atoms in total. The summed E-state index contributed by atoms with van der Waals surface area (Å²) in [5, 5.41) is 12.1. The van der Waals surface area contributed by atoms with Crippen molar-refractivity contribution in [3.63, 3.8) is 0 Å². The molecule has 1 aliphatic heterocycles. The molecule has 0 bridgehead atoms. The minimum atomic E-state index is 0.184. The number of hydrazine groups is 1. The first-order chi connectivity index (χ1) is 8.70. The van der Waals surface area contributed by atoms with Crippen LogP contribution >= 0.6 is 0 Å². The van der Waals surface area contributed by atoms with Gasteiger partial charge in [0.05, 0.1) is 12.8 Å². The third-order valence-corrected chi connectivity index (χ3v) is 3.18. The number of piperidine rings is 1. The van der Waals surface area contributed by atoms with E-state index in [1.165, 1.54) is 19.3 Å². The number of hydrogen-bond donors (Lipinski definition) is 2. The average molecular weight is 248 g/mol. The molecule has 0 saturated carbocycles. The van der Waals surface area contributed by atoms with E-state index in [1.807, 2.05) is 12.1 Å². The maximum absolute atomic E-state index is 9.92. The Morgan fingerprint density at radius 1 is 1.33 bits per heavy atom. The van der Waals surface area contributed by atoms with Gasteiger partial charge in [-0.15, -0.1) is 0 Å². The van der Waals surface area contributed by atoms with Gasteiger partial charge in [-0.25, -0.2) is 5.01 Å². The van der Waals surface area contributed by atoms with Crippen molar-refractivity contribution in [1.29, 1.82) is 0 Å². The molecule has 2 rings (SSSR count). The van der Waals surface area contributed by atoms with Crippen molar-refractivity contribution in [3.8, 4) is 11.5 Å². The lowest BCUT2D eigenvalue weighted by atomic mass is 10.1. The zero-order valence-electron chi connectivity index (χ0n) is 10.8. The van der Waals surface area contributed by atoms with E-state index < -0.39 is 0 Å². The molecule has 1 aromatic rings. The van der Waals surface area contributed by atoms with Gasteiger partial charge in [0.25, 0.3) is 0 Å². The standard InChI is InChI=1S/C14H20N2O2/c1-11(15-16-8-4-3-5-9-16)13-7-6-12(18-2)10-14(13)17/h6-7,10,15,17H,1,3-5,8-9H2,2H3. The van der Waals surface area contributed by atoms with Crippen LogP contribution in [0.25, 0.3) is 5.70 Å². The smallest absolute Gasteiger partial charge is 0.128 e. The van der Waals surface area contributed by atoms with Crippen LogP contribution in [0.3, 0.4) is 0 Å². The Bertz CT molecular complexity index is 426. The van der Waals surface area contributed by atoms with Crippen LogP contribution in [-0.2, 0) is 0 Å². The molecule has 1 saturated heterocycles. The summed E-state index contributed by atoms with van der Waals surface area (Å²) in [5.74, 6) is 0.825. The van der Waals surface area contributed by atoms with Crippen LogP contribution < -0.4 is 10.2 Å². The summed E-state index contributed by atoms with van der Waals surface area (Å²) in [6, 6.07) is 5.23. The second kappa shape index (κ2) is 5.78. The van der Waals surface area contributed by atoms with Gasteiger partial charge < -0.3 is 15.3 Å². The predicted molar refractivity (Wildman–Crippen MR) is 72.3 cm³/mol. The van der Waals surface area contributed by atoms with Crippen molar-refractivity contribution in [1.82, 2.24) is 10.4 Å². The Morgan fingerprint density at radius 2 is 2.06 bits per heavy atom. The largest absolute Gasteiger partial charge is 0.507 e. The maximum Gasteiger partial charge on any atom is 0.128 e. The SMILES string of the molecule is C=C(NN1CCCCC1)c1ccc(OC)cc1O. The molecule has 2 N–H and O–H groups in total. The molecular weight excluding hydrogens is 228 g/mol. The normalized spacial score (nSPS) is 16.3. The fraction of sp³-hybridized carbons (Fsp3) is 0.429. The molecule has 4 heteroatoms. The zero-order chi connectivity index (χ0) is 13.0. The molecule has 1 fully saturated rings. The Kier molecular flexibility index (Phi) is 4.10. The van der Waals surface area contributed by atoms with E-state index in [0.717, 1.165) is 18.8 Å². The van der Waals surface area contributed by atoms with Crippen molar-refractivity contribution in [3.05, 3.63) is 30.3 Å². The monoisotopic (exact) mass is 248 g/mol. The van der Waals surface area contributed by atoms with Crippen LogP contribution in [0.5, 0.6) is 11.5 Å². The number of phenols is 1. The van der Waals surface area contributed by atoms with Gasteiger partial charge in [-0.3, -0.25) is 0 Å². The summed E-state index contributed by atoms with van der Waals surface area (Å²) >= 11 is 0. The van der Waals surface area contributed by atoms with Gasteiger partial charge in [0.2, 0.25) is 0 Å². The molecule has 0 aromatic heterocycles. The Morgan fingerprint density at radius 3 is 2.67 bits per heavy atom. The van der Waals surface area contributed by atoms with Crippen molar-refractivity contribution >= 4 is 5.70 Å². The topological polar surface area (TPSA) is 44.7 Å². The zero-order valence-corrected chi connectivity index (χ0v) is 10.8. The summed E-state index contributed by atoms with van der Waals surface area (Å²) in [6.45, 7) is 6.03. The third kappa shape index (κ3) is 2.96. The average Bonchev–Trinajstić information content (AvgIpc) is 2.39. The molecule has 0 unspecified atom stereocenters. The number of methoxy groups -OCH3 is 1. The van der Waals surface area contributed by atoms with Crippen LogP contribution in [0, 0.1) is 0 Å². The molecule has 1 heterocycles. The van der Waals surface area contributed by atoms with Crippen molar-refractivity contribution in [2.75, 3.05) is 20.2 Å². The first-order valence-electron chi connectivity index (χ1n) is 6.28. The third-order valence-electron chi connectivity index (χ3n) is 3.18. The molecule has 0 atom stereocenters. The number of aromatic hydroxyl groups is 1. The van der Waals surface area contributed by atoms with Gasteiger partial charge in [-0.05, 0) is 25.0 Å². The molecule has 0 radical (unpaired) electrons. The lowest BCUT2D eigenvalue weighted by Gasteiger charge is -2.29. The van der Waals surface area contributed by atoms with Gasteiger partial charge in [-0.2, -0.15) is 0 Å². The van der Waals surface area contributed by atoms with Gasteiger partial charge in [0, 0.05) is 24.7 Å². The van der Waals surface area contributed by atoms with E-state index in [-0.39, 0.29) is 5.75 Å². The van der Waals surface area contributed by atoms with Crippen LogP contribution in [0.15, 0.2) is 24.8 Å². The summed E-state index contributed by atoms with van der Waals surface area (Å²) in [4.78, 5) is 0. The number of rotatable bonds is 4. The molecule has 0 amide bonds. The highest BCUT2D eigenvalue weighted by atomic mass is 16.5. The lowest BCUT2D eigenvalue weighted by Crippen LogP contribution is -2.40. The molecule has 0 aliphatic carbocycles. The minimum absolute atomic E-state index is 0.184. The van der Waals surface area contributed by atoms with Crippen LogP contribution in [0.1, 0.15) is 24.8 Å². The minimum Gasteiger partial charge on any atom is -0.507 e. The van der Waals surface area contributed by atoms with E-state index >= 15 is 0 Å². The van der Waals surface area contributed by atoms with Gasteiger partial charge in [0.1, 0.15) is 11.5 Å². The highest BCUT2D eigenvalue weighted by Crippen LogP contribution is 2.27. The Balaban J connectivity index is 2.03. The first kappa shape index (κ1) is 12.8. The van der Waals surface area contributed by atoms with Gasteiger partial charge in [-0.1, -0.05) is 13.0 Å². The summed E-state index contributed by atoms with van der Waals surface area (Å²) in [5.41, 5.74) is 4.68. The lowest BCUT2D eigenvalue weighted by molar-refractivity contribution is 0.189. The van der Waals surface area contributed by atoms with E-state index in [4.69, 9.17) is 4.74 Å². The first-order valence-corrected chi connectivity index (χ1v) is 6.28. The van der Waals surface area contributed by atoms with E-state index in [0.29, 0.717) is 11.3 Å². The van der Waals surface area contributed by atoms with E-state index in [9.17, 15) is 5.11 Å². The molecule has 98 valence electrons. The molecule has 1 aliphatic rings. The Labute approximate surface area is 108 Å². The predicted octanol–water partition coefficient (Wildman–Crippen LogP) is 2.36. The summed E-state index contributed by atoms with van der Waals surface area (Å²) in [7, 11) is 1.58. The van der Waals surface area contributed by atoms with Gasteiger partial charge in [0.15, 0.2) is 0 Å². The highest BCUT2D eigenvalue weighted by Gasteiger charge is 2.13. The number of ether oxygens (including phenoxy) is 1.